The molecule has 2 atom stereocenters. The number of rotatable bonds is 2. The lowest BCUT2D eigenvalue weighted by Crippen LogP contribution is -2.42. The van der Waals surface area contributed by atoms with E-state index < -0.39 is 0 Å². The second kappa shape index (κ2) is 4.28. The highest BCUT2D eigenvalue weighted by Gasteiger charge is 2.39. The van der Waals surface area contributed by atoms with E-state index in [1.165, 1.54) is 38.8 Å². The summed E-state index contributed by atoms with van der Waals surface area (Å²) in [6, 6.07) is 0.707. The van der Waals surface area contributed by atoms with Crippen LogP contribution < -0.4 is 5.32 Å². The molecule has 2 aliphatic heterocycles. The van der Waals surface area contributed by atoms with Gasteiger partial charge in [0.15, 0.2) is 0 Å². The molecule has 0 aromatic rings. The van der Waals surface area contributed by atoms with E-state index in [9.17, 15) is 5.11 Å². The normalized spacial score (nSPS) is 38.8. The highest BCUT2D eigenvalue weighted by atomic mass is 16.3. The van der Waals surface area contributed by atoms with Gasteiger partial charge in [0.1, 0.15) is 0 Å². The number of piperidine rings is 1. The predicted octanol–water partition coefficient (Wildman–Crippen LogP) is 0.975. The van der Waals surface area contributed by atoms with Crippen molar-refractivity contribution < 1.29 is 5.11 Å². The highest BCUT2D eigenvalue weighted by molar-refractivity contribution is 4.95. The first kappa shape index (κ1) is 11.0. The summed E-state index contributed by atoms with van der Waals surface area (Å²) >= 11 is 0. The van der Waals surface area contributed by atoms with E-state index in [1.807, 2.05) is 0 Å². The van der Waals surface area contributed by atoms with Crippen molar-refractivity contribution in [2.75, 3.05) is 26.2 Å². The van der Waals surface area contributed by atoms with Crippen LogP contribution in [0.15, 0.2) is 0 Å². The van der Waals surface area contributed by atoms with Crippen molar-refractivity contribution in [1.29, 1.82) is 0 Å². The molecule has 2 saturated heterocycles. The lowest BCUT2D eigenvalue weighted by molar-refractivity contribution is 0.0146. The van der Waals surface area contributed by atoms with Gasteiger partial charge in [0.05, 0.1) is 5.60 Å². The van der Waals surface area contributed by atoms with Crippen molar-refractivity contribution >= 4 is 0 Å². The molecule has 3 rings (SSSR count). The standard InChI is InChI=1S/C13H24N2O/c16-13(5-1-2-6-13)10-15-8-11-4-3-7-14-12(11)9-15/h11-12,14,16H,1-10H2. The average molecular weight is 224 g/mol. The molecule has 1 aliphatic carbocycles. The van der Waals surface area contributed by atoms with E-state index in [0.717, 1.165) is 31.8 Å². The highest BCUT2D eigenvalue weighted by Crippen LogP contribution is 2.33. The maximum atomic E-state index is 10.4. The molecule has 0 aromatic carbocycles. The van der Waals surface area contributed by atoms with Crippen LogP contribution in [0.4, 0.5) is 0 Å². The third-order valence-corrected chi connectivity index (χ3v) is 4.73. The summed E-state index contributed by atoms with van der Waals surface area (Å²) in [5.74, 6) is 0.846. The second-order valence-electron chi connectivity index (χ2n) is 6.09. The molecule has 3 aliphatic rings. The smallest absolute Gasteiger partial charge is 0.0774 e. The number of hydrogen-bond donors (Lipinski definition) is 2. The molecule has 0 bridgehead atoms. The molecule has 0 amide bonds. The van der Waals surface area contributed by atoms with Crippen LogP contribution in [0.1, 0.15) is 38.5 Å². The Morgan fingerprint density at radius 2 is 2.00 bits per heavy atom. The Bertz CT molecular complexity index is 236. The third kappa shape index (κ3) is 2.13. The lowest BCUT2D eigenvalue weighted by Gasteiger charge is -2.28. The van der Waals surface area contributed by atoms with E-state index in [-0.39, 0.29) is 5.60 Å². The fraction of sp³-hybridized carbons (Fsp3) is 1.00. The van der Waals surface area contributed by atoms with Crippen LogP contribution in [-0.4, -0.2) is 47.8 Å². The first-order valence-electron chi connectivity index (χ1n) is 6.93. The molecule has 0 aromatic heterocycles. The number of fused-ring (bicyclic) bond motifs is 1. The van der Waals surface area contributed by atoms with Crippen LogP contribution in [-0.2, 0) is 0 Å². The topological polar surface area (TPSA) is 35.5 Å². The van der Waals surface area contributed by atoms with Crippen molar-refractivity contribution in [3.8, 4) is 0 Å². The van der Waals surface area contributed by atoms with Gasteiger partial charge in [0.2, 0.25) is 0 Å². The summed E-state index contributed by atoms with van der Waals surface area (Å²) in [6.45, 7) is 4.48. The van der Waals surface area contributed by atoms with Crippen molar-refractivity contribution in [2.24, 2.45) is 5.92 Å². The largest absolute Gasteiger partial charge is 0.389 e. The summed E-state index contributed by atoms with van der Waals surface area (Å²) in [5.41, 5.74) is -0.354. The van der Waals surface area contributed by atoms with E-state index in [2.05, 4.69) is 10.2 Å². The molecule has 1 saturated carbocycles. The van der Waals surface area contributed by atoms with Crippen molar-refractivity contribution in [2.45, 2.75) is 50.2 Å². The Labute approximate surface area is 98.2 Å². The monoisotopic (exact) mass is 224 g/mol. The minimum Gasteiger partial charge on any atom is -0.389 e. The Morgan fingerprint density at radius 1 is 1.19 bits per heavy atom. The second-order valence-corrected chi connectivity index (χ2v) is 6.09. The molecule has 16 heavy (non-hydrogen) atoms. The quantitative estimate of drug-likeness (QED) is 0.734. The molecule has 0 spiro atoms. The van der Waals surface area contributed by atoms with E-state index in [4.69, 9.17) is 0 Å². The Morgan fingerprint density at radius 3 is 2.75 bits per heavy atom. The van der Waals surface area contributed by atoms with Gasteiger partial charge >= 0.3 is 0 Å². The molecular formula is C13H24N2O. The zero-order chi connectivity index (χ0) is 11.0. The number of hydrogen-bond acceptors (Lipinski definition) is 3. The molecule has 3 nitrogen and oxygen atoms in total. The molecule has 3 fully saturated rings. The summed E-state index contributed by atoms with van der Waals surface area (Å²) in [6.07, 6.45) is 7.19. The number of likely N-dealkylation sites (tertiary alicyclic amines) is 1. The van der Waals surface area contributed by atoms with Crippen LogP contribution in [0.25, 0.3) is 0 Å². The van der Waals surface area contributed by atoms with Crippen molar-refractivity contribution in [1.82, 2.24) is 10.2 Å². The van der Waals surface area contributed by atoms with Crippen LogP contribution in [0.5, 0.6) is 0 Å². The molecule has 92 valence electrons. The number of aliphatic hydroxyl groups is 1. The van der Waals surface area contributed by atoms with Crippen molar-refractivity contribution in [3.63, 3.8) is 0 Å². The summed E-state index contributed by atoms with van der Waals surface area (Å²) in [7, 11) is 0. The summed E-state index contributed by atoms with van der Waals surface area (Å²) in [4.78, 5) is 2.50. The first-order valence-corrected chi connectivity index (χ1v) is 6.93. The van der Waals surface area contributed by atoms with Gasteiger partial charge in [-0.2, -0.15) is 0 Å². The van der Waals surface area contributed by atoms with Crippen LogP contribution >= 0.6 is 0 Å². The molecule has 0 radical (unpaired) electrons. The molecular weight excluding hydrogens is 200 g/mol. The number of β-amino-alcohol motifs (C(OH)–C–C–N with tert-alkyl or cyclic N) is 1. The van der Waals surface area contributed by atoms with E-state index >= 15 is 0 Å². The van der Waals surface area contributed by atoms with Gasteiger partial charge in [-0.1, -0.05) is 12.8 Å². The van der Waals surface area contributed by atoms with Gasteiger partial charge < -0.3 is 10.4 Å². The van der Waals surface area contributed by atoms with Crippen LogP contribution in [0.2, 0.25) is 0 Å². The van der Waals surface area contributed by atoms with E-state index in [0.29, 0.717) is 6.04 Å². The zero-order valence-corrected chi connectivity index (χ0v) is 10.1. The van der Waals surface area contributed by atoms with Gasteiger partial charge in [-0.3, -0.25) is 4.90 Å². The Hall–Kier alpha value is -0.120. The van der Waals surface area contributed by atoms with Gasteiger partial charge in [-0.15, -0.1) is 0 Å². The van der Waals surface area contributed by atoms with Crippen LogP contribution in [0, 0.1) is 5.92 Å². The number of nitrogens with zero attached hydrogens (tertiary/aromatic N) is 1. The van der Waals surface area contributed by atoms with Crippen LogP contribution in [0.3, 0.4) is 0 Å². The predicted molar refractivity (Wildman–Crippen MR) is 64.4 cm³/mol. The van der Waals surface area contributed by atoms with Gasteiger partial charge in [-0.05, 0) is 38.1 Å². The van der Waals surface area contributed by atoms with Crippen molar-refractivity contribution in [3.05, 3.63) is 0 Å². The molecule has 2 unspecified atom stereocenters. The fourth-order valence-corrected chi connectivity index (χ4v) is 3.87. The third-order valence-electron chi connectivity index (χ3n) is 4.73. The lowest BCUT2D eigenvalue weighted by atomic mass is 9.94. The van der Waals surface area contributed by atoms with E-state index in [1.54, 1.807) is 0 Å². The maximum absolute atomic E-state index is 10.4. The Balaban J connectivity index is 1.56. The minimum atomic E-state index is -0.354. The summed E-state index contributed by atoms with van der Waals surface area (Å²) in [5, 5.41) is 14.0. The summed E-state index contributed by atoms with van der Waals surface area (Å²) < 4.78 is 0. The zero-order valence-electron chi connectivity index (χ0n) is 10.1. The first-order chi connectivity index (χ1) is 7.75. The Kier molecular flexibility index (Phi) is 2.94. The minimum absolute atomic E-state index is 0.354. The van der Waals surface area contributed by atoms with Gasteiger partial charge in [0, 0.05) is 25.7 Å². The number of nitrogens with one attached hydrogen (secondary N) is 1. The van der Waals surface area contributed by atoms with Gasteiger partial charge in [-0.25, -0.2) is 0 Å². The average Bonchev–Trinajstić information content (AvgIpc) is 2.84. The molecule has 2 N–H and O–H groups in total. The SMILES string of the molecule is OC1(CN2CC3CCCNC3C2)CCCC1. The fourth-order valence-electron chi connectivity index (χ4n) is 3.87. The maximum Gasteiger partial charge on any atom is 0.0774 e. The molecule has 2 heterocycles. The van der Waals surface area contributed by atoms with Gasteiger partial charge in [0.25, 0.3) is 0 Å². The molecule has 3 heteroatoms.